The number of nitrogens with one attached hydrogen (secondary N) is 1. The minimum atomic E-state index is 0.206. The van der Waals surface area contributed by atoms with Gasteiger partial charge in [0, 0.05) is 60.2 Å². The summed E-state index contributed by atoms with van der Waals surface area (Å²) in [6.07, 6.45) is 4.20. The molecule has 0 atom stereocenters. The number of carbonyl (C=O) groups is 1. The van der Waals surface area contributed by atoms with Gasteiger partial charge in [-0.25, -0.2) is 0 Å². The number of nitrogens with zero attached hydrogens (tertiary/aromatic N) is 2. The van der Waals surface area contributed by atoms with Crippen molar-refractivity contribution in [2.24, 2.45) is 0 Å². The first-order valence-corrected chi connectivity index (χ1v) is 10.8. The van der Waals surface area contributed by atoms with Gasteiger partial charge in [-0.2, -0.15) is 0 Å². The third kappa shape index (κ3) is 5.08. The largest absolute Gasteiger partial charge is 0.506 e. The second-order valence-electron chi connectivity index (χ2n) is 6.57. The fourth-order valence-corrected chi connectivity index (χ4v) is 4.41. The molecule has 0 radical (unpaired) electrons. The molecule has 2 aromatic rings. The van der Waals surface area contributed by atoms with Crippen LogP contribution < -0.4 is 10.2 Å². The molecule has 7 heteroatoms. The molecule has 2 aromatic carbocycles. The molecule has 0 bridgehead atoms. The molecule has 3 rings (SSSR count). The minimum absolute atomic E-state index is 0.206. The molecule has 0 saturated carbocycles. The summed E-state index contributed by atoms with van der Waals surface area (Å²) in [6, 6.07) is 11.9. The van der Waals surface area contributed by atoms with Gasteiger partial charge < -0.3 is 20.2 Å². The van der Waals surface area contributed by atoms with Gasteiger partial charge in [0.1, 0.15) is 5.75 Å². The average molecular weight is 509 g/mol. The van der Waals surface area contributed by atoms with Crippen molar-refractivity contribution in [1.82, 2.24) is 4.90 Å². The van der Waals surface area contributed by atoms with Crippen molar-refractivity contribution in [2.75, 3.05) is 36.4 Å². The van der Waals surface area contributed by atoms with Crippen LogP contribution in [0.1, 0.15) is 18.9 Å². The van der Waals surface area contributed by atoms with Gasteiger partial charge in [0.15, 0.2) is 0 Å². The molecule has 1 saturated heterocycles. The van der Waals surface area contributed by atoms with E-state index in [0.717, 1.165) is 42.0 Å². The third-order valence-electron chi connectivity index (χ3n) is 4.74. The molecule has 5 nitrogen and oxygen atoms in total. The van der Waals surface area contributed by atoms with Crippen LogP contribution in [0.3, 0.4) is 0 Å². The Morgan fingerprint density at radius 3 is 2.46 bits per heavy atom. The van der Waals surface area contributed by atoms with Gasteiger partial charge in [-0.15, -0.1) is 0 Å². The van der Waals surface area contributed by atoms with Crippen LogP contribution in [0, 0.1) is 0 Å². The molecule has 1 aliphatic rings. The lowest BCUT2D eigenvalue weighted by atomic mass is 10.2. The molecule has 0 spiro atoms. The van der Waals surface area contributed by atoms with E-state index in [1.54, 1.807) is 12.3 Å². The summed E-state index contributed by atoms with van der Waals surface area (Å²) >= 11 is 6.76. The van der Waals surface area contributed by atoms with E-state index >= 15 is 0 Å². The number of hydrogen-bond acceptors (Lipinski definition) is 4. The number of phenolic OH excluding ortho intramolecular Hbond substituents is 1. The molecular weight excluding hydrogens is 486 g/mol. The molecular formula is C21H23Br2N3O2. The van der Waals surface area contributed by atoms with Crippen molar-refractivity contribution in [1.29, 1.82) is 0 Å². The highest BCUT2D eigenvalue weighted by Crippen LogP contribution is 2.32. The van der Waals surface area contributed by atoms with Crippen LogP contribution in [0.5, 0.6) is 5.75 Å². The summed E-state index contributed by atoms with van der Waals surface area (Å²) in [5, 5.41) is 13.3. The molecule has 0 aromatic heterocycles. The Morgan fingerprint density at radius 1 is 1.14 bits per heavy atom. The number of halogens is 2. The number of rotatable bonds is 5. The first-order chi connectivity index (χ1) is 13.5. The van der Waals surface area contributed by atoms with Gasteiger partial charge in [-0.1, -0.05) is 22.9 Å². The number of anilines is 2. The molecule has 0 aliphatic carbocycles. The van der Waals surface area contributed by atoms with Crippen LogP contribution in [0.25, 0.3) is 6.08 Å². The Hall–Kier alpha value is -1.99. The van der Waals surface area contributed by atoms with Crippen molar-refractivity contribution in [3.05, 3.63) is 57.1 Å². The van der Waals surface area contributed by atoms with E-state index in [9.17, 15) is 9.90 Å². The highest BCUT2D eigenvalue weighted by Gasteiger charge is 2.19. The van der Waals surface area contributed by atoms with Crippen LogP contribution >= 0.6 is 31.9 Å². The lowest BCUT2D eigenvalue weighted by Gasteiger charge is -2.36. The first kappa shape index (κ1) is 20.7. The Kier molecular flexibility index (Phi) is 7.02. The number of benzene rings is 2. The topological polar surface area (TPSA) is 55.8 Å². The zero-order valence-electron chi connectivity index (χ0n) is 15.7. The molecule has 2 N–H and O–H groups in total. The van der Waals surface area contributed by atoms with Crippen LogP contribution in [-0.2, 0) is 4.79 Å². The molecule has 148 valence electrons. The van der Waals surface area contributed by atoms with Crippen LogP contribution in [0.4, 0.5) is 11.4 Å². The molecule has 1 amide bonds. The normalized spacial score (nSPS) is 14.5. The van der Waals surface area contributed by atoms with Gasteiger partial charge in [-0.3, -0.25) is 4.79 Å². The van der Waals surface area contributed by atoms with E-state index in [4.69, 9.17) is 0 Å². The van der Waals surface area contributed by atoms with Crippen molar-refractivity contribution in [2.45, 2.75) is 13.3 Å². The summed E-state index contributed by atoms with van der Waals surface area (Å²) in [7, 11) is 0. The van der Waals surface area contributed by atoms with Gasteiger partial charge in [0.05, 0.1) is 4.47 Å². The maximum absolute atomic E-state index is 11.8. The zero-order valence-corrected chi connectivity index (χ0v) is 18.8. The zero-order chi connectivity index (χ0) is 20.1. The average Bonchev–Trinajstić information content (AvgIpc) is 2.71. The SMILES string of the molecule is CCC(=O)N1CCN(c2ccc(NC=Cc3cc(Br)cc(Br)c3O)cc2)CC1. The second-order valence-corrected chi connectivity index (χ2v) is 8.34. The predicted molar refractivity (Wildman–Crippen MR) is 122 cm³/mol. The fraction of sp³-hybridized carbons (Fsp3) is 0.286. The summed E-state index contributed by atoms with van der Waals surface area (Å²) in [5.74, 6) is 0.437. The van der Waals surface area contributed by atoms with Gasteiger partial charge in [-0.05, 0) is 58.4 Å². The maximum atomic E-state index is 11.8. The van der Waals surface area contributed by atoms with E-state index in [-0.39, 0.29) is 11.7 Å². The van der Waals surface area contributed by atoms with E-state index in [1.807, 2.05) is 36.1 Å². The lowest BCUT2D eigenvalue weighted by molar-refractivity contribution is -0.131. The van der Waals surface area contributed by atoms with Crippen LogP contribution in [0.15, 0.2) is 51.5 Å². The number of carbonyl (C=O) groups excluding carboxylic acids is 1. The monoisotopic (exact) mass is 507 g/mol. The number of phenols is 1. The predicted octanol–water partition coefficient (Wildman–Crippen LogP) is 5.06. The number of hydrogen-bond donors (Lipinski definition) is 2. The highest BCUT2D eigenvalue weighted by molar-refractivity contribution is 9.11. The minimum Gasteiger partial charge on any atom is -0.506 e. The smallest absolute Gasteiger partial charge is 0.222 e. The number of aromatic hydroxyl groups is 1. The third-order valence-corrected chi connectivity index (χ3v) is 5.80. The molecule has 1 fully saturated rings. The highest BCUT2D eigenvalue weighted by atomic mass is 79.9. The van der Waals surface area contributed by atoms with Crippen LogP contribution in [0.2, 0.25) is 0 Å². The van der Waals surface area contributed by atoms with Crippen molar-refractivity contribution >= 4 is 55.2 Å². The van der Waals surface area contributed by atoms with Crippen molar-refractivity contribution in [3.63, 3.8) is 0 Å². The lowest BCUT2D eigenvalue weighted by Crippen LogP contribution is -2.48. The second kappa shape index (κ2) is 9.47. The molecule has 1 aliphatic heterocycles. The van der Waals surface area contributed by atoms with E-state index in [1.165, 1.54) is 0 Å². The van der Waals surface area contributed by atoms with Gasteiger partial charge in [0.2, 0.25) is 5.91 Å². The van der Waals surface area contributed by atoms with Crippen molar-refractivity contribution in [3.8, 4) is 5.75 Å². The Balaban J connectivity index is 1.57. The summed E-state index contributed by atoms with van der Waals surface area (Å²) in [6.45, 7) is 5.18. The quantitative estimate of drug-likeness (QED) is 0.592. The summed E-state index contributed by atoms with van der Waals surface area (Å²) in [5.41, 5.74) is 2.84. The number of amides is 1. The number of piperazine rings is 1. The Bertz CT molecular complexity index is 861. The van der Waals surface area contributed by atoms with Gasteiger partial charge in [0.25, 0.3) is 0 Å². The molecule has 1 heterocycles. The Labute approximate surface area is 182 Å². The van der Waals surface area contributed by atoms with E-state index in [2.05, 4.69) is 54.2 Å². The van der Waals surface area contributed by atoms with E-state index in [0.29, 0.717) is 16.5 Å². The van der Waals surface area contributed by atoms with Gasteiger partial charge >= 0.3 is 0 Å². The molecule has 0 unspecified atom stereocenters. The van der Waals surface area contributed by atoms with Crippen LogP contribution in [-0.4, -0.2) is 42.1 Å². The van der Waals surface area contributed by atoms with Crippen molar-refractivity contribution < 1.29 is 9.90 Å². The molecule has 28 heavy (non-hydrogen) atoms. The standard InChI is InChI=1S/C21H23Br2N3O2/c1-2-20(27)26-11-9-25(10-12-26)18-5-3-17(4-6-18)24-8-7-15-13-16(22)14-19(23)21(15)28/h3-8,13-14,24,28H,2,9-12H2,1H3. The first-order valence-electron chi connectivity index (χ1n) is 9.22. The summed E-state index contributed by atoms with van der Waals surface area (Å²) in [4.78, 5) is 16.0. The summed E-state index contributed by atoms with van der Waals surface area (Å²) < 4.78 is 1.54. The fourth-order valence-electron chi connectivity index (χ4n) is 3.15. The Morgan fingerprint density at radius 2 is 1.82 bits per heavy atom. The maximum Gasteiger partial charge on any atom is 0.222 e. The van der Waals surface area contributed by atoms with E-state index < -0.39 is 0 Å².